The third-order valence-corrected chi connectivity index (χ3v) is 2.45. The quantitative estimate of drug-likeness (QED) is 0.783. The van der Waals surface area contributed by atoms with Gasteiger partial charge in [-0.2, -0.15) is 0 Å². The van der Waals surface area contributed by atoms with Gasteiger partial charge in [0.25, 0.3) is 0 Å². The minimum atomic E-state index is 0.00872. The number of hydrogen-bond acceptors (Lipinski definition) is 4. The molecule has 1 aromatic heterocycles. The zero-order valence-electron chi connectivity index (χ0n) is 11.7. The Morgan fingerprint density at radius 3 is 2.61 bits per heavy atom. The van der Waals surface area contributed by atoms with Crippen molar-refractivity contribution in [2.24, 2.45) is 5.92 Å². The van der Waals surface area contributed by atoms with E-state index in [1.807, 2.05) is 26.0 Å². The van der Waals surface area contributed by atoms with Gasteiger partial charge in [0.1, 0.15) is 0 Å². The molecular weight excluding hydrogens is 228 g/mol. The van der Waals surface area contributed by atoms with Crippen LogP contribution in [0.15, 0.2) is 18.3 Å². The molecule has 0 radical (unpaired) electrons. The maximum absolute atomic E-state index is 9.38. The summed E-state index contributed by atoms with van der Waals surface area (Å²) in [5.41, 5.74) is 0. The van der Waals surface area contributed by atoms with Crippen LogP contribution in [0.2, 0.25) is 0 Å². The first-order valence-corrected chi connectivity index (χ1v) is 6.52. The van der Waals surface area contributed by atoms with E-state index in [1.165, 1.54) is 0 Å². The third kappa shape index (κ3) is 4.92. The molecule has 4 nitrogen and oxygen atoms in total. The Balaban J connectivity index is 2.75. The van der Waals surface area contributed by atoms with Gasteiger partial charge in [-0.25, -0.2) is 4.98 Å². The Bertz CT molecular complexity index is 353. The second-order valence-electron chi connectivity index (χ2n) is 5.17. The lowest BCUT2D eigenvalue weighted by molar-refractivity contribution is 0.240. The summed E-state index contributed by atoms with van der Waals surface area (Å²) in [6.07, 6.45) is 2.72. The average molecular weight is 252 g/mol. The SMILES string of the molecule is CC(C)CC(CO)Nc1ncccc1OC(C)C. The lowest BCUT2D eigenvalue weighted by Crippen LogP contribution is -2.26. The van der Waals surface area contributed by atoms with Crippen LogP contribution in [0.4, 0.5) is 5.82 Å². The van der Waals surface area contributed by atoms with Gasteiger partial charge in [0.15, 0.2) is 11.6 Å². The normalized spacial score (nSPS) is 12.8. The Morgan fingerprint density at radius 1 is 1.33 bits per heavy atom. The van der Waals surface area contributed by atoms with Gasteiger partial charge in [0, 0.05) is 6.20 Å². The van der Waals surface area contributed by atoms with Gasteiger partial charge in [-0.15, -0.1) is 0 Å². The van der Waals surface area contributed by atoms with E-state index in [2.05, 4.69) is 24.1 Å². The van der Waals surface area contributed by atoms with E-state index in [-0.39, 0.29) is 18.8 Å². The van der Waals surface area contributed by atoms with E-state index in [0.29, 0.717) is 11.7 Å². The second-order valence-corrected chi connectivity index (χ2v) is 5.17. The van der Waals surface area contributed by atoms with Crippen LogP contribution in [-0.4, -0.2) is 28.8 Å². The second kappa shape index (κ2) is 7.21. The zero-order chi connectivity index (χ0) is 13.5. The van der Waals surface area contributed by atoms with Crippen molar-refractivity contribution in [2.75, 3.05) is 11.9 Å². The van der Waals surface area contributed by atoms with E-state index >= 15 is 0 Å². The predicted octanol–water partition coefficient (Wildman–Crippen LogP) is 2.69. The van der Waals surface area contributed by atoms with E-state index in [9.17, 15) is 5.11 Å². The smallest absolute Gasteiger partial charge is 0.169 e. The van der Waals surface area contributed by atoms with Crippen LogP contribution in [0.3, 0.4) is 0 Å². The summed E-state index contributed by atoms with van der Waals surface area (Å²) in [4.78, 5) is 4.28. The average Bonchev–Trinajstić information content (AvgIpc) is 2.29. The summed E-state index contributed by atoms with van der Waals surface area (Å²) in [6, 6.07) is 3.74. The van der Waals surface area contributed by atoms with Crippen molar-refractivity contribution in [3.8, 4) is 5.75 Å². The predicted molar refractivity (Wildman–Crippen MR) is 74.0 cm³/mol. The van der Waals surface area contributed by atoms with Crippen LogP contribution in [0.5, 0.6) is 5.75 Å². The number of nitrogens with one attached hydrogen (secondary N) is 1. The molecule has 1 atom stereocenters. The minimum absolute atomic E-state index is 0.00872. The number of rotatable bonds is 7. The molecule has 2 N–H and O–H groups in total. The van der Waals surface area contributed by atoms with Crippen molar-refractivity contribution >= 4 is 5.82 Å². The fourth-order valence-corrected chi connectivity index (χ4v) is 1.79. The standard InChI is InChI=1S/C14H24N2O2/c1-10(2)8-12(9-17)16-14-13(18-11(3)4)6-5-7-15-14/h5-7,10-12,17H,8-9H2,1-4H3,(H,15,16). The molecule has 0 fully saturated rings. The number of aliphatic hydroxyl groups is 1. The third-order valence-electron chi connectivity index (χ3n) is 2.45. The van der Waals surface area contributed by atoms with Crippen molar-refractivity contribution in [1.82, 2.24) is 4.98 Å². The van der Waals surface area contributed by atoms with E-state index in [0.717, 1.165) is 12.2 Å². The van der Waals surface area contributed by atoms with Crippen LogP contribution in [0, 0.1) is 5.92 Å². The van der Waals surface area contributed by atoms with Crippen molar-refractivity contribution in [1.29, 1.82) is 0 Å². The van der Waals surface area contributed by atoms with Crippen LogP contribution in [0.25, 0.3) is 0 Å². The molecule has 0 saturated heterocycles. The molecule has 1 aromatic rings. The van der Waals surface area contributed by atoms with Gasteiger partial charge in [-0.3, -0.25) is 0 Å². The van der Waals surface area contributed by atoms with Crippen LogP contribution < -0.4 is 10.1 Å². The van der Waals surface area contributed by atoms with Gasteiger partial charge in [-0.05, 0) is 38.3 Å². The van der Waals surface area contributed by atoms with Crippen LogP contribution >= 0.6 is 0 Å². The highest BCUT2D eigenvalue weighted by molar-refractivity contribution is 5.50. The number of aromatic nitrogens is 1. The van der Waals surface area contributed by atoms with Crippen molar-refractivity contribution in [3.63, 3.8) is 0 Å². The number of ether oxygens (including phenoxy) is 1. The highest BCUT2D eigenvalue weighted by Crippen LogP contribution is 2.23. The Labute approximate surface area is 109 Å². The van der Waals surface area contributed by atoms with E-state index in [1.54, 1.807) is 6.20 Å². The Morgan fingerprint density at radius 2 is 2.06 bits per heavy atom. The molecule has 0 saturated carbocycles. The monoisotopic (exact) mass is 252 g/mol. The molecule has 102 valence electrons. The van der Waals surface area contributed by atoms with Crippen molar-refractivity contribution in [3.05, 3.63) is 18.3 Å². The van der Waals surface area contributed by atoms with Crippen LogP contribution in [0.1, 0.15) is 34.1 Å². The molecule has 1 heterocycles. The summed E-state index contributed by atoms with van der Waals surface area (Å²) in [7, 11) is 0. The highest BCUT2D eigenvalue weighted by atomic mass is 16.5. The number of hydrogen-bond donors (Lipinski definition) is 2. The molecule has 0 aliphatic heterocycles. The Kier molecular flexibility index (Phi) is 5.92. The largest absolute Gasteiger partial charge is 0.487 e. The minimum Gasteiger partial charge on any atom is -0.487 e. The van der Waals surface area contributed by atoms with Gasteiger partial charge >= 0.3 is 0 Å². The molecule has 0 spiro atoms. The summed E-state index contributed by atoms with van der Waals surface area (Å²) >= 11 is 0. The fourth-order valence-electron chi connectivity index (χ4n) is 1.79. The summed E-state index contributed by atoms with van der Waals surface area (Å²) in [5.74, 6) is 1.95. The van der Waals surface area contributed by atoms with Gasteiger partial charge in [0.05, 0.1) is 18.8 Å². The maximum Gasteiger partial charge on any atom is 0.169 e. The summed E-state index contributed by atoms with van der Waals surface area (Å²) < 4.78 is 5.69. The molecule has 0 aliphatic carbocycles. The molecule has 0 amide bonds. The molecule has 0 bridgehead atoms. The number of pyridine rings is 1. The first-order valence-electron chi connectivity index (χ1n) is 6.52. The zero-order valence-corrected chi connectivity index (χ0v) is 11.7. The van der Waals surface area contributed by atoms with E-state index in [4.69, 9.17) is 4.74 Å². The fraction of sp³-hybridized carbons (Fsp3) is 0.643. The Hall–Kier alpha value is -1.29. The van der Waals surface area contributed by atoms with Crippen LogP contribution in [-0.2, 0) is 0 Å². The molecule has 0 aliphatic rings. The molecule has 0 aromatic carbocycles. The molecule has 1 unspecified atom stereocenters. The number of aliphatic hydroxyl groups excluding tert-OH is 1. The number of anilines is 1. The van der Waals surface area contributed by atoms with Gasteiger partial charge in [0.2, 0.25) is 0 Å². The lowest BCUT2D eigenvalue weighted by Gasteiger charge is -2.21. The highest BCUT2D eigenvalue weighted by Gasteiger charge is 2.13. The number of nitrogens with zero attached hydrogens (tertiary/aromatic N) is 1. The molecule has 4 heteroatoms. The first kappa shape index (κ1) is 14.8. The molecule has 18 heavy (non-hydrogen) atoms. The summed E-state index contributed by atoms with van der Waals surface area (Å²) in [6.45, 7) is 8.32. The first-order chi connectivity index (χ1) is 8.52. The summed E-state index contributed by atoms with van der Waals surface area (Å²) in [5, 5.41) is 12.6. The van der Waals surface area contributed by atoms with Crippen molar-refractivity contribution < 1.29 is 9.84 Å². The van der Waals surface area contributed by atoms with Gasteiger partial charge in [-0.1, -0.05) is 13.8 Å². The molecular formula is C14H24N2O2. The topological polar surface area (TPSA) is 54.4 Å². The van der Waals surface area contributed by atoms with E-state index < -0.39 is 0 Å². The lowest BCUT2D eigenvalue weighted by atomic mass is 10.0. The molecule has 1 rings (SSSR count). The maximum atomic E-state index is 9.38. The van der Waals surface area contributed by atoms with Gasteiger partial charge < -0.3 is 15.2 Å². The van der Waals surface area contributed by atoms with Crippen molar-refractivity contribution in [2.45, 2.75) is 46.3 Å².